The summed E-state index contributed by atoms with van der Waals surface area (Å²) in [4.78, 5) is 65.7. The summed E-state index contributed by atoms with van der Waals surface area (Å²) >= 11 is 0. The number of methoxy groups -OCH3 is 3. The number of hydrogen-bond acceptors (Lipinski definition) is 18. The number of carbonyl (C=O) groups excluding carboxylic acids is 3. The van der Waals surface area contributed by atoms with Crippen molar-refractivity contribution in [2.24, 2.45) is 0 Å². The van der Waals surface area contributed by atoms with Crippen molar-refractivity contribution in [1.82, 2.24) is 16.0 Å². The van der Waals surface area contributed by atoms with Crippen LogP contribution in [0.5, 0.6) is 0 Å². The molecule has 3 rings (SSSR count). The maximum absolute atomic E-state index is 11.9. The van der Waals surface area contributed by atoms with Crippen LogP contribution < -0.4 is 32.3 Å². The highest BCUT2D eigenvalue weighted by atomic mass is 16.6. The summed E-state index contributed by atoms with van der Waals surface area (Å²) in [6.07, 6.45) is 1.80. The van der Waals surface area contributed by atoms with Crippen LogP contribution in [0.25, 0.3) is 0 Å². The van der Waals surface area contributed by atoms with Gasteiger partial charge in [0.25, 0.3) is 34.8 Å². The third-order valence-corrected chi connectivity index (χ3v) is 7.67. The lowest BCUT2D eigenvalue weighted by molar-refractivity contribution is -0.385. The number of benzene rings is 3. The van der Waals surface area contributed by atoms with Crippen LogP contribution in [-0.2, 0) is 14.2 Å². The molecule has 0 fully saturated rings. The zero-order valence-corrected chi connectivity index (χ0v) is 32.7. The number of nitrogens with one attached hydrogen (secondary N) is 3. The van der Waals surface area contributed by atoms with Gasteiger partial charge in [0.05, 0.1) is 20.2 Å². The van der Waals surface area contributed by atoms with Crippen molar-refractivity contribution in [1.29, 1.82) is 0 Å². The van der Waals surface area contributed by atoms with Gasteiger partial charge < -0.3 is 60.3 Å². The van der Waals surface area contributed by atoms with Gasteiger partial charge >= 0.3 is 21.4 Å². The predicted octanol–water partition coefficient (Wildman–Crippen LogP) is -2.88. The zero-order valence-electron chi connectivity index (χ0n) is 32.7. The molecule has 0 aliphatic rings. The van der Waals surface area contributed by atoms with Gasteiger partial charge in [-0.3, -0.25) is 44.7 Å². The topological polar surface area (TPSA) is 366 Å². The molecule has 0 bridgehead atoms. The van der Waals surface area contributed by atoms with Gasteiger partial charge in [0.2, 0.25) is 0 Å². The van der Waals surface area contributed by atoms with Crippen molar-refractivity contribution in [3.05, 3.63) is 102 Å². The SMILES string of the molecule is COCCCNC(=O)c1cc(B(O)O)cc([N+](=O)[O-])c1.COCCCNC(=O)c1cc(B(O)O)ccc1[N+](=O)[O-].COCCCNC(=O)c1ccc([N+](=O)[O-])c(B(O)O)c1. The summed E-state index contributed by atoms with van der Waals surface area (Å²) < 4.78 is 14.5. The molecule has 324 valence electrons. The molecule has 60 heavy (non-hydrogen) atoms. The van der Waals surface area contributed by atoms with Crippen LogP contribution in [0.3, 0.4) is 0 Å². The Hall–Kier alpha value is -5.90. The fourth-order valence-corrected chi connectivity index (χ4v) is 4.70. The smallest absolute Gasteiger partial charge is 0.423 e. The highest BCUT2D eigenvalue weighted by molar-refractivity contribution is 6.60. The molecule has 0 unspecified atom stereocenters. The van der Waals surface area contributed by atoms with Gasteiger partial charge in [-0.2, -0.15) is 0 Å². The minimum atomic E-state index is -2.02. The van der Waals surface area contributed by atoms with Gasteiger partial charge in [-0.05, 0) is 54.5 Å². The van der Waals surface area contributed by atoms with Crippen molar-refractivity contribution in [2.45, 2.75) is 19.3 Å². The normalized spacial score (nSPS) is 10.2. The van der Waals surface area contributed by atoms with E-state index in [2.05, 4.69) is 16.0 Å². The molecule has 0 radical (unpaired) electrons. The van der Waals surface area contributed by atoms with Gasteiger partial charge in [-0.15, -0.1) is 0 Å². The summed E-state index contributed by atoms with van der Waals surface area (Å²) in [6, 6.07) is 10.0. The number of carbonyl (C=O) groups is 3. The van der Waals surface area contributed by atoms with E-state index in [0.29, 0.717) is 58.7 Å². The van der Waals surface area contributed by atoms with Crippen molar-refractivity contribution < 1.29 is 73.5 Å². The molecule has 0 heterocycles. The quantitative estimate of drug-likeness (QED) is 0.0225. The van der Waals surface area contributed by atoms with E-state index in [1.807, 2.05) is 0 Å². The lowest BCUT2D eigenvalue weighted by atomic mass is 9.78. The molecule has 0 aliphatic carbocycles. The maximum atomic E-state index is 11.9. The highest BCUT2D eigenvalue weighted by Crippen LogP contribution is 2.17. The number of nitro groups is 3. The van der Waals surface area contributed by atoms with E-state index in [1.54, 1.807) is 7.11 Å². The monoisotopic (exact) mass is 846 g/mol. The summed E-state index contributed by atoms with van der Waals surface area (Å²) in [5.74, 6) is -1.61. The number of nitrogens with zero attached hydrogens (tertiary/aromatic N) is 3. The van der Waals surface area contributed by atoms with Crippen LogP contribution in [0.15, 0.2) is 54.6 Å². The maximum Gasteiger partial charge on any atom is 0.495 e. The van der Waals surface area contributed by atoms with Crippen molar-refractivity contribution in [3.8, 4) is 0 Å². The Labute approximate surface area is 343 Å². The van der Waals surface area contributed by atoms with E-state index in [4.69, 9.17) is 44.4 Å². The number of hydrogen-bond donors (Lipinski definition) is 9. The largest absolute Gasteiger partial charge is 0.495 e. The number of non-ortho nitro benzene ring substituents is 1. The fraction of sp³-hybridized carbons (Fsp3) is 0.364. The first-order valence-electron chi connectivity index (χ1n) is 17.7. The average molecular weight is 846 g/mol. The summed E-state index contributed by atoms with van der Waals surface area (Å²) in [5, 5.41) is 94.4. The molecule has 9 N–H and O–H groups in total. The predicted molar refractivity (Wildman–Crippen MR) is 215 cm³/mol. The molecule has 3 aromatic carbocycles. The fourth-order valence-electron chi connectivity index (χ4n) is 4.70. The Kier molecular flexibility index (Phi) is 24.1. The first-order chi connectivity index (χ1) is 28.4. The van der Waals surface area contributed by atoms with Crippen LogP contribution in [0, 0.1) is 30.3 Å². The van der Waals surface area contributed by atoms with E-state index in [-0.39, 0.29) is 38.8 Å². The summed E-state index contributed by atoms with van der Waals surface area (Å²) in [7, 11) is -1.08. The van der Waals surface area contributed by atoms with Crippen LogP contribution in [0.2, 0.25) is 0 Å². The Morgan fingerprint density at radius 3 is 1.45 bits per heavy atom. The Morgan fingerprint density at radius 1 is 0.550 bits per heavy atom. The molecule has 3 amide bonds. The van der Waals surface area contributed by atoms with Crippen molar-refractivity contribution in [3.63, 3.8) is 0 Å². The lowest BCUT2D eigenvalue weighted by Gasteiger charge is -2.07. The van der Waals surface area contributed by atoms with E-state index in [0.717, 1.165) is 36.4 Å². The minimum absolute atomic E-state index is 0.000262. The number of nitro benzene ring substituents is 3. The number of rotatable bonds is 21. The minimum Gasteiger partial charge on any atom is -0.423 e. The Morgan fingerprint density at radius 2 is 1.02 bits per heavy atom. The van der Waals surface area contributed by atoms with Gasteiger partial charge in [0.1, 0.15) is 5.56 Å². The van der Waals surface area contributed by atoms with Gasteiger partial charge in [-0.25, -0.2) is 0 Å². The molecule has 0 aliphatic heterocycles. The van der Waals surface area contributed by atoms with E-state index >= 15 is 0 Å². The van der Waals surface area contributed by atoms with E-state index in [1.165, 1.54) is 32.4 Å². The molecule has 0 atom stereocenters. The number of amides is 3. The second-order valence-corrected chi connectivity index (χ2v) is 12.1. The van der Waals surface area contributed by atoms with Crippen LogP contribution in [-0.4, -0.2) is 145 Å². The molecule has 0 spiro atoms. The first kappa shape index (κ1) is 52.1. The second kappa shape index (κ2) is 27.7. The van der Waals surface area contributed by atoms with Gasteiger partial charge in [0.15, 0.2) is 0 Å². The summed E-state index contributed by atoms with van der Waals surface area (Å²) in [6.45, 7) is 2.48. The lowest BCUT2D eigenvalue weighted by Crippen LogP contribution is -2.34. The third kappa shape index (κ3) is 18.4. The molecule has 0 saturated carbocycles. The average Bonchev–Trinajstić information content (AvgIpc) is 3.22. The standard InChI is InChI=1S/3C11H15BN2O6/c1-20-6-2-5-13-11(15)9-7-8(12(16)17)3-4-10(9)14(18)19;1-20-6-2-5-13-11(15)8-3-4-10(14(18)19)9(7-8)12(16)17;1-20-4-2-3-13-11(15)8-5-9(12(16)17)7-10(6-8)14(18)19/h2*3-4,7,16-17H,2,5-6H2,1H3,(H,13,15);5-7,16-17H,2-4H2,1H3,(H,13,15). The van der Waals surface area contributed by atoms with Gasteiger partial charge in [0, 0.05) is 96.2 Å². The van der Waals surface area contributed by atoms with Gasteiger partial charge in [-0.1, -0.05) is 6.07 Å². The third-order valence-electron chi connectivity index (χ3n) is 7.67. The molecule has 27 heteroatoms. The van der Waals surface area contributed by atoms with Crippen LogP contribution in [0.4, 0.5) is 17.1 Å². The Bertz CT molecular complexity index is 1910. The highest BCUT2D eigenvalue weighted by Gasteiger charge is 2.26. The second-order valence-electron chi connectivity index (χ2n) is 12.1. The van der Waals surface area contributed by atoms with Crippen molar-refractivity contribution >= 4 is 72.5 Å². The number of ether oxygens (including phenoxy) is 3. The van der Waals surface area contributed by atoms with Crippen LogP contribution >= 0.6 is 0 Å². The summed E-state index contributed by atoms with van der Waals surface area (Å²) in [5.41, 5.74) is -1.72. The van der Waals surface area contributed by atoms with Crippen LogP contribution in [0.1, 0.15) is 50.3 Å². The molecule has 0 aromatic heterocycles. The van der Waals surface area contributed by atoms with Crippen molar-refractivity contribution in [2.75, 3.05) is 60.8 Å². The van der Waals surface area contributed by atoms with E-state index in [9.17, 15) is 44.7 Å². The first-order valence-corrected chi connectivity index (χ1v) is 17.7. The molecule has 0 saturated heterocycles. The molecule has 24 nitrogen and oxygen atoms in total. The molecular weight excluding hydrogens is 801 g/mol. The molecule has 3 aromatic rings. The zero-order chi connectivity index (χ0) is 45.4. The Balaban J connectivity index is 0.000000450. The molecular formula is C33H45B3N6O18. The van der Waals surface area contributed by atoms with E-state index < -0.39 is 65.2 Å².